The summed E-state index contributed by atoms with van der Waals surface area (Å²) < 4.78 is 1.37. The number of fused-ring (bicyclic) bond motifs is 2. The molecule has 31 heavy (non-hydrogen) atoms. The number of aliphatic hydroxyl groups is 1. The van der Waals surface area contributed by atoms with E-state index < -0.39 is 6.10 Å². The Morgan fingerprint density at radius 1 is 1.06 bits per heavy atom. The van der Waals surface area contributed by atoms with Gasteiger partial charge in [0.15, 0.2) is 0 Å². The number of hydrogen-bond donors (Lipinski definition) is 3. The first kappa shape index (κ1) is 19.9. The van der Waals surface area contributed by atoms with Crippen molar-refractivity contribution in [2.75, 3.05) is 13.1 Å². The number of amides is 1. The number of aryl methyl sites for hydroxylation is 1. The van der Waals surface area contributed by atoms with Gasteiger partial charge in [-0.3, -0.25) is 9.59 Å². The lowest BCUT2D eigenvalue weighted by Gasteiger charge is -2.35. The van der Waals surface area contributed by atoms with E-state index in [1.54, 1.807) is 30.3 Å². The molecule has 0 radical (unpaired) electrons. The predicted octanol–water partition coefficient (Wildman–Crippen LogP) is 1.78. The van der Waals surface area contributed by atoms with Crippen LogP contribution in [-0.4, -0.2) is 46.0 Å². The molecular weight excluding hydrogens is 392 g/mol. The SMILES string of the molecule is Cc1nn(-c2ccc(C(=O)N[C@H]3C[C@H]4CNC[C@H]4C[C@@H]3O)cc2)c(=O)c2ccccc12. The number of aliphatic hydroxyl groups excluding tert-OH is 1. The maximum Gasteiger partial charge on any atom is 0.279 e. The van der Waals surface area contributed by atoms with Crippen molar-refractivity contribution in [3.8, 4) is 5.69 Å². The monoisotopic (exact) mass is 418 g/mol. The highest BCUT2D eigenvalue weighted by Gasteiger charge is 2.39. The molecule has 0 spiro atoms. The summed E-state index contributed by atoms with van der Waals surface area (Å²) in [7, 11) is 0. The summed E-state index contributed by atoms with van der Waals surface area (Å²) >= 11 is 0. The Balaban J connectivity index is 1.36. The molecule has 7 heteroatoms. The van der Waals surface area contributed by atoms with Crippen molar-refractivity contribution < 1.29 is 9.90 Å². The van der Waals surface area contributed by atoms with Gasteiger partial charge in [0.2, 0.25) is 0 Å². The zero-order valence-corrected chi connectivity index (χ0v) is 17.4. The molecule has 0 bridgehead atoms. The van der Waals surface area contributed by atoms with Gasteiger partial charge in [-0.1, -0.05) is 18.2 Å². The molecule has 1 aliphatic carbocycles. The maximum atomic E-state index is 12.9. The van der Waals surface area contributed by atoms with Crippen LogP contribution in [0.4, 0.5) is 0 Å². The summed E-state index contributed by atoms with van der Waals surface area (Å²) in [6.45, 7) is 3.77. The first-order chi connectivity index (χ1) is 15.0. The minimum absolute atomic E-state index is 0.191. The Kier molecular flexibility index (Phi) is 5.08. The van der Waals surface area contributed by atoms with Gasteiger partial charge in [0.05, 0.1) is 28.9 Å². The molecule has 2 heterocycles. The molecule has 1 aromatic heterocycles. The third-order valence-electron chi connectivity index (χ3n) is 6.73. The number of carbonyl (C=O) groups is 1. The van der Waals surface area contributed by atoms with E-state index in [0.29, 0.717) is 28.5 Å². The molecule has 2 aromatic carbocycles. The van der Waals surface area contributed by atoms with Crippen LogP contribution in [0.25, 0.3) is 16.5 Å². The third-order valence-corrected chi connectivity index (χ3v) is 6.73. The fourth-order valence-electron chi connectivity index (χ4n) is 4.98. The minimum Gasteiger partial charge on any atom is -0.391 e. The van der Waals surface area contributed by atoms with Crippen LogP contribution in [-0.2, 0) is 0 Å². The lowest BCUT2D eigenvalue weighted by molar-refractivity contribution is 0.0462. The van der Waals surface area contributed by atoms with Crippen molar-refractivity contribution in [3.63, 3.8) is 0 Å². The Labute approximate surface area is 180 Å². The van der Waals surface area contributed by atoms with E-state index in [0.717, 1.165) is 37.0 Å². The summed E-state index contributed by atoms with van der Waals surface area (Å²) in [5.41, 5.74) is 1.67. The Morgan fingerprint density at radius 2 is 1.74 bits per heavy atom. The molecule has 3 N–H and O–H groups in total. The lowest BCUT2D eigenvalue weighted by atomic mass is 9.77. The number of aromatic nitrogens is 2. The van der Waals surface area contributed by atoms with Gasteiger partial charge in [0.25, 0.3) is 11.5 Å². The first-order valence-corrected chi connectivity index (χ1v) is 10.8. The minimum atomic E-state index is -0.521. The molecule has 1 amide bonds. The lowest BCUT2D eigenvalue weighted by Crippen LogP contribution is -2.49. The predicted molar refractivity (Wildman–Crippen MR) is 118 cm³/mol. The van der Waals surface area contributed by atoms with Crippen LogP contribution in [0.3, 0.4) is 0 Å². The second-order valence-electron chi connectivity index (χ2n) is 8.69. The maximum absolute atomic E-state index is 12.9. The highest BCUT2D eigenvalue weighted by molar-refractivity contribution is 5.94. The van der Waals surface area contributed by atoms with E-state index in [4.69, 9.17) is 0 Å². The molecule has 4 atom stereocenters. The van der Waals surface area contributed by atoms with Gasteiger partial charge in [-0.2, -0.15) is 9.78 Å². The van der Waals surface area contributed by atoms with Gasteiger partial charge in [-0.05, 0) is 75.0 Å². The summed E-state index contributed by atoms with van der Waals surface area (Å²) in [6.07, 6.45) is 0.989. The second-order valence-corrected chi connectivity index (χ2v) is 8.69. The van der Waals surface area contributed by atoms with Crippen molar-refractivity contribution in [1.29, 1.82) is 0 Å². The van der Waals surface area contributed by atoms with Gasteiger partial charge in [0, 0.05) is 10.9 Å². The summed E-state index contributed by atoms with van der Waals surface area (Å²) in [5.74, 6) is 0.791. The number of hydrogen-bond acceptors (Lipinski definition) is 5. The van der Waals surface area contributed by atoms with E-state index in [1.165, 1.54) is 4.68 Å². The fourth-order valence-corrected chi connectivity index (χ4v) is 4.98. The van der Waals surface area contributed by atoms with Crippen molar-refractivity contribution in [2.45, 2.75) is 31.9 Å². The summed E-state index contributed by atoms with van der Waals surface area (Å²) in [4.78, 5) is 25.7. The van der Waals surface area contributed by atoms with Gasteiger partial charge >= 0.3 is 0 Å². The normalized spacial score (nSPS) is 25.4. The van der Waals surface area contributed by atoms with Crippen LogP contribution < -0.4 is 16.2 Å². The number of rotatable bonds is 3. The molecule has 1 saturated heterocycles. The average Bonchev–Trinajstić information content (AvgIpc) is 3.23. The molecule has 0 unspecified atom stereocenters. The molecule has 1 saturated carbocycles. The van der Waals surface area contributed by atoms with E-state index in [-0.39, 0.29) is 17.5 Å². The van der Waals surface area contributed by atoms with E-state index >= 15 is 0 Å². The molecular formula is C24H26N4O3. The number of benzene rings is 2. The molecule has 5 rings (SSSR count). The van der Waals surface area contributed by atoms with Gasteiger partial charge < -0.3 is 15.7 Å². The molecule has 160 valence electrons. The van der Waals surface area contributed by atoms with E-state index in [2.05, 4.69) is 15.7 Å². The van der Waals surface area contributed by atoms with Gasteiger partial charge in [0.1, 0.15) is 0 Å². The average molecular weight is 418 g/mol. The van der Waals surface area contributed by atoms with Crippen LogP contribution in [0.1, 0.15) is 28.9 Å². The topological polar surface area (TPSA) is 96.2 Å². The van der Waals surface area contributed by atoms with Crippen LogP contribution in [0.5, 0.6) is 0 Å². The molecule has 2 fully saturated rings. The molecule has 7 nitrogen and oxygen atoms in total. The number of nitrogens with zero attached hydrogens (tertiary/aromatic N) is 2. The molecule has 1 aliphatic heterocycles. The zero-order valence-electron chi connectivity index (χ0n) is 17.4. The summed E-state index contributed by atoms with van der Waals surface area (Å²) in [6, 6.07) is 14.0. The Hall–Kier alpha value is -3.03. The standard InChI is InChI=1S/C24H26N4O3/c1-14-19-4-2-3-5-20(19)24(31)28(27-14)18-8-6-15(7-9-18)23(30)26-21-10-16-12-25-13-17(16)11-22(21)29/h2-9,16-17,21-22,25,29H,10-13H2,1H3,(H,26,30)/t16-,17+,21-,22-/m0/s1. The van der Waals surface area contributed by atoms with Crippen molar-refractivity contribution >= 4 is 16.7 Å². The van der Waals surface area contributed by atoms with Gasteiger partial charge in [-0.25, -0.2) is 0 Å². The smallest absolute Gasteiger partial charge is 0.279 e. The highest BCUT2D eigenvalue weighted by atomic mass is 16.3. The van der Waals surface area contributed by atoms with Crippen molar-refractivity contribution in [1.82, 2.24) is 20.4 Å². The third kappa shape index (κ3) is 3.64. The summed E-state index contributed by atoms with van der Waals surface area (Å²) in [5, 5.41) is 22.7. The van der Waals surface area contributed by atoms with Crippen LogP contribution >= 0.6 is 0 Å². The van der Waals surface area contributed by atoms with Gasteiger partial charge in [-0.15, -0.1) is 0 Å². The quantitative estimate of drug-likeness (QED) is 0.603. The Bertz CT molecular complexity index is 1190. The van der Waals surface area contributed by atoms with Crippen LogP contribution in [0, 0.1) is 18.8 Å². The largest absolute Gasteiger partial charge is 0.391 e. The van der Waals surface area contributed by atoms with E-state index in [1.807, 2.05) is 25.1 Å². The van der Waals surface area contributed by atoms with Crippen LogP contribution in [0.2, 0.25) is 0 Å². The number of nitrogens with one attached hydrogen (secondary N) is 2. The highest BCUT2D eigenvalue weighted by Crippen LogP contribution is 2.33. The number of carbonyl (C=O) groups excluding carboxylic acids is 1. The second kappa shape index (κ2) is 7.90. The first-order valence-electron chi connectivity index (χ1n) is 10.8. The van der Waals surface area contributed by atoms with Crippen LogP contribution in [0.15, 0.2) is 53.3 Å². The van der Waals surface area contributed by atoms with E-state index in [9.17, 15) is 14.7 Å². The van der Waals surface area contributed by atoms with Crippen molar-refractivity contribution in [3.05, 3.63) is 70.1 Å². The zero-order chi connectivity index (χ0) is 21.5. The fraction of sp³-hybridized carbons (Fsp3) is 0.375. The Morgan fingerprint density at radius 3 is 2.48 bits per heavy atom. The molecule has 2 aliphatic rings. The van der Waals surface area contributed by atoms with Crippen molar-refractivity contribution in [2.24, 2.45) is 11.8 Å². The molecule has 3 aromatic rings.